The third-order valence-electron chi connectivity index (χ3n) is 3.26. The molecule has 0 spiro atoms. The van der Waals surface area contributed by atoms with Crippen LogP contribution in [0.1, 0.15) is 34.1 Å². The van der Waals surface area contributed by atoms with Crippen molar-refractivity contribution in [3.63, 3.8) is 0 Å². The van der Waals surface area contributed by atoms with Crippen LogP contribution in [0.15, 0.2) is 0 Å². The topological polar surface area (TPSA) is 39.1 Å². The van der Waals surface area contributed by atoms with Crippen LogP contribution in [0, 0.1) is 23.2 Å². The summed E-state index contributed by atoms with van der Waals surface area (Å²) in [7, 11) is 2.11. The molecule has 0 aromatic rings. The molecule has 1 saturated carbocycles. The van der Waals surface area contributed by atoms with E-state index in [-0.39, 0.29) is 0 Å². The first kappa shape index (κ1) is 13.5. The van der Waals surface area contributed by atoms with Crippen molar-refractivity contribution >= 4 is 0 Å². The fraction of sp³-hybridized carbons (Fsp3) is 0.923. The Morgan fingerprint density at radius 3 is 2.50 bits per heavy atom. The standard InChI is InChI=1S/C13H25N3/c1-10(2)15-13(4,8-14)9-16(5)7-12-6-11(12)3/h10-12,15H,6-7,9H2,1-5H3. The molecule has 0 radical (unpaired) electrons. The molecule has 1 N–H and O–H groups in total. The first-order valence-corrected chi connectivity index (χ1v) is 6.24. The van der Waals surface area contributed by atoms with Crippen molar-refractivity contribution in [1.29, 1.82) is 5.26 Å². The van der Waals surface area contributed by atoms with Gasteiger partial charge in [-0.25, -0.2) is 0 Å². The van der Waals surface area contributed by atoms with Gasteiger partial charge in [-0.2, -0.15) is 5.26 Å². The molecule has 3 unspecified atom stereocenters. The minimum Gasteiger partial charge on any atom is -0.303 e. The Hall–Kier alpha value is -0.590. The fourth-order valence-corrected chi connectivity index (χ4v) is 2.41. The first-order valence-electron chi connectivity index (χ1n) is 6.24. The highest BCUT2D eigenvalue weighted by molar-refractivity contribution is 5.06. The van der Waals surface area contributed by atoms with Crippen LogP contribution in [-0.4, -0.2) is 36.6 Å². The minimum atomic E-state index is -0.430. The Morgan fingerprint density at radius 1 is 1.56 bits per heavy atom. The van der Waals surface area contributed by atoms with E-state index in [0.717, 1.165) is 24.9 Å². The van der Waals surface area contributed by atoms with Crippen LogP contribution in [0.5, 0.6) is 0 Å². The summed E-state index contributed by atoms with van der Waals surface area (Å²) in [5.41, 5.74) is -0.430. The monoisotopic (exact) mass is 223 g/mol. The van der Waals surface area contributed by atoms with Gasteiger partial charge in [-0.3, -0.25) is 5.32 Å². The average Bonchev–Trinajstić information content (AvgIpc) is 2.79. The van der Waals surface area contributed by atoms with Crippen molar-refractivity contribution in [3.8, 4) is 6.07 Å². The molecule has 0 amide bonds. The maximum atomic E-state index is 9.25. The van der Waals surface area contributed by atoms with Crippen LogP contribution < -0.4 is 5.32 Å². The summed E-state index contributed by atoms with van der Waals surface area (Å²) in [6, 6.07) is 2.74. The molecule has 3 nitrogen and oxygen atoms in total. The van der Waals surface area contributed by atoms with Gasteiger partial charge < -0.3 is 4.90 Å². The summed E-state index contributed by atoms with van der Waals surface area (Å²) in [5, 5.41) is 12.6. The second-order valence-corrected chi connectivity index (χ2v) is 5.91. The molecule has 16 heavy (non-hydrogen) atoms. The summed E-state index contributed by atoms with van der Waals surface area (Å²) in [4.78, 5) is 2.28. The van der Waals surface area contributed by atoms with Crippen LogP contribution >= 0.6 is 0 Å². The zero-order valence-corrected chi connectivity index (χ0v) is 11.2. The fourth-order valence-electron chi connectivity index (χ4n) is 2.41. The lowest BCUT2D eigenvalue weighted by Crippen LogP contribution is -2.52. The van der Waals surface area contributed by atoms with Crippen LogP contribution in [0.25, 0.3) is 0 Å². The highest BCUT2D eigenvalue weighted by atomic mass is 15.2. The number of nitriles is 1. The maximum Gasteiger partial charge on any atom is 0.116 e. The Morgan fingerprint density at radius 2 is 2.12 bits per heavy atom. The van der Waals surface area contributed by atoms with Crippen LogP contribution in [0.2, 0.25) is 0 Å². The molecule has 0 aromatic carbocycles. The largest absolute Gasteiger partial charge is 0.303 e. The van der Waals surface area contributed by atoms with Gasteiger partial charge in [0.1, 0.15) is 5.54 Å². The van der Waals surface area contributed by atoms with Gasteiger partial charge in [0, 0.05) is 19.1 Å². The van der Waals surface area contributed by atoms with E-state index in [1.54, 1.807) is 0 Å². The van der Waals surface area contributed by atoms with Gasteiger partial charge in [0.05, 0.1) is 6.07 Å². The second-order valence-electron chi connectivity index (χ2n) is 5.91. The number of likely N-dealkylation sites (N-methyl/N-ethyl adjacent to an activating group) is 1. The van der Waals surface area contributed by atoms with Gasteiger partial charge in [-0.1, -0.05) is 6.92 Å². The molecule has 0 bridgehead atoms. The van der Waals surface area contributed by atoms with E-state index in [1.807, 2.05) is 6.92 Å². The summed E-state index contributed by atoms with van der Waals surface area (Å²) < 4.78 is 0. The Kier molecular flexibility index (Phi) is 4.35. The third-order valence-corrected chi connectivity index (χ3v) is 3.26. The smallest absolute Gasteiger partial charge is 0.116 e. The minimum absolute atomic E-state index is 0.345. The van der Waals surface area contributed by atoms with Crippen molar-refractivity contribution in [1.82, 2.24) is 10.2 Å². The molecule has 3 heteroatoms. The number of rotatable bonds is 6. The molecule has 1 fully saturated rings. The molecule has 1 aliphatic rings. The van der Waals surface area contributed by atoms with E-state index in [9.17, 15) is 5.26 Å². The van der Waals surface area contributed by atoms with E-state index in [4.69, 9.17) is 0 Å². The zero-order valence-electron chi connectivity index (χ0n) is 11.2. The van der Waals surface area contributed by atoms with Crippen molar-refractivity contribution in [2.24, 2.45) is 11.8 Å². The van der Waals surface area contributed by atoms with Gasteiger partial charge >= 0.3 is 0 Å². The number of hydrogen-bond donors (Lipinski definition) is 1. The Balaban J connectivity index is 2.39. The van der Waals surface area contributed by atoms with Crippen molar-refractivity contribution in [2.45, 2.75) is 45.7 Å². The molecule has 0 aliphatic heterocycles. The molecular formula is C13H25N3. The Bertz CT molecular complexity index is 269. The molecular weight excluding hydrogens is 198 g/mol. The lowest BCUT2D eigenvalue weighted by Gasteiger charge is -2.30. The molecule has 0 saturated heterocycles. The molecule has 92 valence electrons. The quantitative estimate of drug-likeness (QED) is 0.747. The van der Waals surface area contributed by atoms with Gasteiger partial charge in [0.2, 0.25) is 0 Å². The lowest BCUT2D eigenvalue weighted by molar-refractivity contribution is 0.240. The molecule has 1 aliphatic carbocycles. The van der Waals surface area contributed by atoms with Crippen LogP contribution in [-0.2, 0) is 0 Å². The van der Waals surface area contributed by atoms with Crippen molar-refractivity contribution < 1.29 is 0 Å². The van der Waals surface area contributed by atoms with Gasteiger partial charge in [-0.05, 0) is 46.1 Å². The predicted octanol–water partition coefficient (Wildman–Crippen LogP) is 1.85. The average molecular weight is 223 g/mol. The normalized spacial score (nSPS) is 27.9. The summed E-state index contributed by atoms with van der Waals surface area (Å²) >= 11 is 0. The third kappa shape index (κ3) is 4.11. The lowest BCUT2D eigenvalue weighted by atomic mass is 10.0. The van der Waals surface area contributed by atoms with Gasteiger partial charge in [0.25, 0.3) is 0 Å². The zero-order chi connectivity index (χ0) is 12.3. The van der Waals surface area contributed by atoms with E-state index >= 15 is 0 Å². The number of nitrogens with zero attached hydrogens (tertiary/aromatic N) is 2. The van der Waals surface area contributed by atoms with E-state index in [1.165, 1.54) is 6.42 Å². The van der Waals surface area contributed by atoms with E-state index in [0.29, 0.717) is 6.04 Å². The summed E-state index contributed by atoms with van der Waals surface area (Å²) in [6.07, 6.45) is 1.35. The molecule has 0 aromatic heterocycles. The van der Waals surface area contributed by atoms with Crippen LogP contribution in [0.4, 0.5) is 0 Å². The maximum absolute atomic E-state index is 9.25. The SMILES string of the molecule is CC(C)NC(C)(C#N)CN(C)CC1CC1C. The van der Waals surface area contributed by atoms with Gasteiger partial charge in [0.15, 0.2) is 0 Å². The van der Waals surface area contributed by atoms with E-state index < -0.39 is 5.54 Å². The van der Waals surface area contributed by atoms with Gasteiger partial charge in [-0.15, -0.1) is 0 Å². The Labute approximate surface area is 99.8 Å². The number of hydrogen-bond acceptors (Lipinski definition) is 3. The van der Waals surface area contributed by atoms with Crippen molar-refractivity contribution in [2.75, 3.05) is 20.1 Å². The molecule has 0 heterocycles. The van der Waals surface area contributed by atoms with Crippen molar-refractivity contribution in [3.05, 3.63) is 0 Å². The predicted molar refractivity (Wildman–Crippen MR) is 67.1 cm³/mol. The molecule has 1 rings (SSSR count). The second kappa shape index (κ2) is 5.16. The summed E-state index contributed by atoms with van der Waals surface area (Å²) in [6.45, 7) is 10.4. The van der Waals surface area contributed by atoms with Crippen LogP contribution in [0.3, 0.4) is 0 Å². The number of nitrogens with one attached hydrogen (secondary N) is 1. The first-order chi connectivity index (χ1) is 7.36. The highest BCUT2D eigenvalue weighted by Crippen LogP contribution is 2.38. The van der Waals surface area contributed by atoms with E-state index in [2.05, 4.69) is 44.1 Å². The summed E-state index contributed by atoms with van der Waals surface area (Å²) in [5.74, 6) is 1.74. The highest BCUT2D eigenvalue weighted by Gasteiger charge is 2.35. The molecule has 3 atom stereocenters.